The number of ether oxygens (including phenoxy) is 1. The molecule has 7 nitrogen and oxygen atoms in total. The second kappa shape index (κ2) is 11.2. The molecule has 1 aromatic heterocycles. The summed E-state index contributed by atoms with van der Waals surface area (Å²) in [6.07, 6.45) is -4.13. The first-order valence-electron chi connectivity index (χ1n) is 10.9. The predicted octanol–water partition coefficient (Wildman–Crippen LogP) is 4.58. The number of pyridine rings is 1. The van der Waals surface area contributed by atoms with Crippen LogP contribution in [0.5, 0.6) is 0 Å². The normalized spacial score (nSPS) is 12.8. The first-order chi connectivity index (χ1) is 17.3. The maximum absolute atomic E-state index is 13.4. The fourth-order valence-corrected chi connectivity index (χ4v) is 4.99. The number of rotatable bonds is 8. The largest absolute Gasteiger partial charge is 0.416 e. The number of hydrogen-bond acceptors (Lipinski definition) is 5. The van der Waals surface area contributed by atoms with Crippen molar-refractivity contribution in [3.8, 4) is 5.69 Å². The van der Waals surface area contributed by atoms with Crippen LogP contribution in [0.2, 0.25) is 0 Å². The molecular formula is C25H24BrF3N2O5S. The van der Waals surface area contributed by atoms with E-state index in [-0.39, 0.29) is 22.7 Å². The van der Waals surface area contributed by atoms with Crippen LogP contribution in [0.1, 0.15) is 38.8 Å². The third kappa shape index (κ3) is 6.49. The maximum atomic E-state index is 13.4. The summed E-state index contributed by atoms with van der Waals surface area (Å²) >= 11 is 3.32. The molecule has 0 radical (unpaired) electrons. The number of methoxy groups -OCH3 is 1. The van der Waals surface area contributed by atoms with Gasteiger partial charge in [-0.2, -0.15) is 13.2 Å². The molecule has 0 fully saturated rings. The molecule has 0 aliphatic rings. The minimum Gasteiger partial charge on any atom is -0.376 e. The number of aromatic nitrogens is 1. The van der Waals surface area contributed by atoms with Gasteiger partial charge < -0.3 is 10.1 Å². The van der Waals surface area contributed by atoms with Crippen molar-refractivity contribution in [3.63, 3.8) is 0 Å². The number of benzene rings is 2. The number of alkyl halides is 4. The highest BCUT2D eigenvalue weighted by Gasteiger charge is 2.31. The van der Waals surface area contributed by atoms with E-state index in [4.69, 9.17) is 4.74 Å². The van der Waals surface area contributed by atoms with E-state index in [1.165, 1.54) is 49.6 Å². The van der Waals surface area contributed by atoms with Crippen LogP contribution in [0, 0.1) is 6.92 Å². The summed E-state index contributed by atoms with van der Waals surface area (Å²) in [6.45, 7) is 1.55. The number of amides is 1. The Morgan fingerprint density at radius 3 is 2.32 bits per heavy atom. The second-order valence-electron chi connectivity index (χ2n) is 8.26. The minimum absolute atomic E-state index is 0.0127. The van der Waals surface area contributed by atoms with Crippen molar-refractivity contribution in [2.75, 3.05) is 18.7 Å². The van der Waals surface area contributed by atoms with Gasteiger partial charge in [0, 0.05) is 42.2 Å². The number of nitrogens with zero attached hydrogens (tertiary/aromatic N) is 1. The quantitative estimate of drug-likeness (QED) is 0.382. The number of halogens is 4. The van der Waals surface area contributed by atoms with E-state index < -0.39 is 39.1 Å². The smallest absolute Gasteiger partial charge is 0.376 e. The topological polar surface area (TPSA) is 94.5 Å². The highest BCUT2D eigenvalue weighted by Crippen LogP contribution is 2.31. The molecule has 37 heavy (non-hydrogen) atoms. The van der Waals surface area contributed by atoms with Crippen LogP contribution in [-0.2, 0) is 27.3 Å². The van der Waals surface area contributed by atoms with Crippen LogP contribution >= 0.6 is 15.9 Å². The lowest BCUT2D eigenvalue weighted by Crippen LogP contribution is -2.34. The van der Waals surface area contributed by atoms with Gasteiger partial charge in [-0.1, -0.05) is 34.1 Å². The Hall–Kier alpha value is -2.96. The fraction of sp³-hybridized carbons (Fsp3) is 0.280. The molecule has 0 aliphatic carbocycles. The van der Waals surface area contributed by atoms with E-state index in [0.29, 0.717) is 22.2 Å². The number of hydrogen-bond donors (Lipinski definition) is 1. The SMILES string of the molecule is COC(CBr)c1cc(C(=O)NCc2ccc(S(C)(=O)=O)cc2)c(=O)n(-c2cccc(C(F)(F)F)c2)c1C. The van der Waals surface area contributed by atoms with Gasteiger partial charge in [-0.15, -0.1) is 0 Å². The summed E-state index contributed by atoms with van der Waals surface area (Å²) in [5.41, 5.74) is -0.712. The molecule has 0 bridgehead atoms. The van der Waals surface area contributed by atoms with Gasteiger partial charge >= 0.3 is 6.18 Å². The van der Waals surface area contributed by atoms with Crippen molar-refractivity contribution in [1.29, 1.82) is 0 Å². The van der Waals surface area contributed by atoms with Gasteiger partial charge in [0.2, 0.25) is 0 Å². The van der Waals surface area contributed by atoms with Crippen molar-refractivity contribution in [2.45, 2.75) is 30.6 Å². The average molecular weight is 601 g/mol. The first kappa shape index (κ1) is 28.6. The lowest BCUT2D eigenvalue weighted by atomic mass is 10.0. The zero-order chi connectivity index (χ0) is 27.5. The van der Waals surface area contributed by atoms with E-state index >= 15 is 0 Å². The first-order valence-corrected chi connectivity index (χ1v) is 13.9. The highest BCUT2D eigenvalue weighted by molar-refractivity contribution is 9.09. The van der Waals surface area contributed by atoms with Crippen LogP contribution in [0.4, 0.5) is 13.2 Å². The molecule has 1 amide bonds. The molecule has 12 heteroatoms. The summed E-state index contributed by atoms with van der Waals surface area (Å²) in [5, 5.41) is 2.92. The molecule has 2 aromatic carbocycles. The van der Waals surface area contributed by atoms with Gasteiger partial charge in [-0.25, -0.2) is 8.42 Å². The Morgan fingerprint density at radius 1 is 1.14 bits per heavy atom. The fourth-order valence-electron chi connectivity index (χ4n) is 3.75. The molecule has 0 saturated heterocycles. The monoisotopic (exact) mass is 600 g/mol. The van der Waals surface area contributed by atoms with Crippen LogP contribution in [0.3, 0.4) is 0 Å². The van der Waals surface area contributed by atoms with E-state index in [1.54, 1.807) is 6.92 Å². The zero-order valence-corrected chi connectivity index (χ0v) is 22.5. The van der Waals surface area contributed by atoms with Crippen molar-refractivity contribution in [2.24, 2.45) is 0 Å². The summed E-state index contributed by atoms with van der Waals surface area (Å²) in [4.78, 5) is 26.6. The predicted molar refractivity (Wildman–Crippen MR) is 136 cm³/mol. The highest BCUT2D eigenvalue weighted by atomic mass is 79.9. The standard InChI is InChI=1S/C25H24BrF3N2O5S/c1-15-20(22(13-26)36-2)12-21(23(32)30-14-16-7-9-19(10-8-16)37(3,34)35)24(33)31(15)18-6-4-5-17(11-18)25(27,28)29/h4-12,22H,13-14H2,1-3H3,(H,30,32). The second-order valence-corrected chi connectivity index (χ2v) is 10.9. The Morgan fingerprint density at radius 2 is 1.78 bits per heavy atom. The van der Waals surface area contributed by atoms with Crippen molar-refractivity contribution < 1.29 is 31.1 Å². The lowest BCUT2D eigenvalue weighted by Gasteiger charge is -2.21. The van der Waals surface area contributed by atoms with Gasteiger partial charge in [-0.05, 0) is 48.9 Å². The van der Waals surface area contributed by atoms with Gasteiger partial charge in [0.25, 0.3) is 11.5 Å². The van der Waals surface area contributed by atoms with Crippen molar-refractivity contribution in [3.05, 3.63) is 92.9 Å². The van der Waals surface area contributed by atoms with Crippen molar-refractivity contribution >= 4 is 31.7 Å². The minimum atomic E-state index is -4.62. The van der Waals surface area contributed by atoms with Gasteiger partial charge in [0.05, 0.1) is 16.6 Å². The molecule has 1 N–H and O–H groups in total. The van der Waals surface area contributed by atoms with Crippen LogP contribution in [0.15, 0.2) is 64.3 Å². The molecule has 0 spiro atoms. The van der Waals surface area contributed by atoms with Crippen LogP contribution < -0.4 is 10.9 Å². The van der Waals surface area contributed by atoms with Crippen LogP contribution in [0.25, 0.3) is 5.69 Å². The molecule has 0 saturated carbocycles. The van der Waals surface area contributed by atoms with Gasteiger partial charge in [-0.3, -0.25) is 14.2 Å². The summed E-state index contributed by atoms with van der Waals surface area (Å²) in [6, 6.07) is 11.5. The van der Waals surface area contributed by atoms with E-state index in [1.807, 2.05) is 0 Å². The average Bonchev–Trinajstić information content (AvgIpc) is 2.84. The molecule has 1 unspecified atom stereocenters. The number of nitrogens with one attached hydrogen (secondary N) is 1. The third-order valence-corrected chi connectivity index (χ3v) is 7.46. The molecule has 3 rings (SSSR count). The summed E-state index contributed by atoms with van der Waals surface area (Å²) in [7, 11) is -1.95. The van der Waals surface area contributed by atoms with E-state index in [9.17, 15) is 31.2 Å². The van der Waals surface area contributed by atoms with Gasteiger partial charge in [0.15, 0.2) is 9.84 Å². The van der Waals surface area contributed by atoms with Crippen molar-refractivity contribution in [1.82, 2.24) is 9.88 Å². The number of carbonyl (C=O) groups excluding carboxylic acids is 1. The number of carbonyl (C=O) groups is 1. The van der Waals surface area contributed by atoms with E-state index in [2.05, 4.69) is 21.2 Å². The molecule has 0 aliphatic heterocycles. The zero-order valence-electron chi connectivity index (χ0n) is 20.1. The molecule has 3 aromatic rings. The summed E-state index contributed by atoms with van der Waals surface area (Å²) < 4.78 is 69.8. The van der Waals surface area contributed by atoms with Crippen LogP contribution in [-0.4, -0.2) is 37.6 Å². The maximum Gasteiger partial charge on any atom is 0.416 e. The molecule has 198 valence electrons. The van der Waals surface area contributed by atoms with E-state index in [0.717, 1.165) is 23.0 Å². The molecular weight excluding hydrogens is 577 g/mol. The molecule has 1 atom stereocenters. The third-order valence-electron chi connectivity index (χ3n) is 5.74. The Balaban J connectivity index is 2.06. The summed E-state index contributed by atoms with van der Waals surface area (Å²) in [5.74, 6) is -0.747. The molecule has 1 heterocycles. The number of sulfone groups is 1. The Bertz CT molecular complexity index is 1470. The Labute approximate surface area is 220 Å². The Kier molecular flexibility index (Phi) is 8.66. The lowest BCUT2D eigenvalue weighted by molar-refractivity contribution is -0.137. The van der Waals surface area contributed by atoms with Gasteiger partial charge in [0.1, 0.15) is 5.56 Å².